The van der Waals surface area contributed by atoms with Gasteiger partial charge in [0.05, 0.1) is 6.54 Å². The molecule has 112 valence electrons. The Bertz CT molecular complexity index is 504. The summed E-state index contributed by atoms with van der Waals surface area (Å²) in [5.41, 5.74) is 8.57. The van der Waals surface area contributed by atoms with E-state index in [4.69, 9.17) is 5.73 Å². The first-order valence-electron chi connectivity index (χ1n) is 7.87. The van der Waals surface area contributed by atoms with Crippen molar-refractivity contribution >= 4 is 11.6 Å². The molecule has 0 spiro atoms. The van der Waals surface area contributed by atoms with E-state index in [1.165, 1.54) is 30.5 Å². The van der Waals surface area contributed by atoms with Gasteiger partial charge in [-0.2, -0.15) is 0 Å². The number of hydrogen-bond donors (Lipinski definition) is 1. The normalized spacial score (nSPS) is 19.3. The Morgan fingerprint density at radius 1 is 1.00 bits per heavy atom. The van der Waals surface area contributed by atoms with E-state index < -0.39 is 0 Å². The predicted octanol–water partition coefficient (Wildman–Crippen LogP) is 2.36. The molecule has 1 saturated heterocycles. The van der Waals surface area contributed by atoms with Crippen LogP contribution >= 0.6 is 0 Å². The Kier molecular flexibility index (Phi) is 4.43. The Balaban J connectivity index is 1.57. The molecule has 3 rings (SSSR count). The van der Waals surface area contributed by atoms with E-state index in [1.54, 1.807) is 0 Å². The van der Waals surface area contributed by atoms with E-state index in [9.17, 15) is 0 Å². The van der Waals surface area contributed by atoms with Crippen LogP contribution in [0.2, 0.25) is 0 Å². The molecular formula is C17H24N4. The maximum absolute atomic E-state index is 6.09. The minimum Gasteiger partial charge on any atom is -0.370 e. The first kappa shape index (κ1) is 14.0. The number of nitrogens with two attached hydrogens (primary N) is 1. The fourth-order valence-electron chi connectivity index (χ4n) is 2.90. The lowest BCUT2D eigenvalue weighted by molar-refractivity contribution is 0.338. The van der Waals surface area contributed by atoms with Gasteiger partial charge in [-0.05, 0) is 37.0 Å². The summed E-state index contributed by atoms with van der Waals surface area (Å²) in [5, 5.41) is 0. The molecule has 2 N–H and O–H groups in total. The molecule has 0 amide bonds. The monoisotopic (exact) mass is 284 g/mol. The highest BCUT2D eigenvalue weighted by molar-refractivity contribution is 5.78. The van der Waals surface area contributed by atoms with Crippen molar-refractivity contribution in [2.75, 3.05) is 31.1 Å². The number of aliphatic imine (C=N–C) groups is 1. The van der Waals surface area contributed by atoms with E-state index in [0.717, 1.165) is 26.2 Å². The summed E-state index contributed by atoms with van der Waals surface area (Å²) in [6.07, 6.45) is 8.19. The first-order chi connectivity index (χ1) is 10.3. The van der Waals surface area contributed by atoms with E-state index >= 15 is 0 Å². The summed E-state index contributed by atoms with van der Waals surface area (Å²) in [7, 11) is 0. The fourth-order valence-corrected chi connectivity index (χ4v) is 2.90. The lowest BCUT2D eigenvalue weighted by Gasteiger charge is -2.27. The predicted molar refractivity (Wildman–Crippen MR) is 88.5 cm³/mol. The number of piperidine rings is 1. The minimum absolute atomic E-state index is 0.668. The van der Waals surface area contributed by atoms with Crippen LogP contribution in [0, 0.1) is 0 Å². The first-order valence-corrected chi connectivity index (χ1v) is 7.87. The average Bonchev–Trinajstić information content (AvgIpc) is 3.08. The maximum atomic E-state index is 6.09. The Morgan fingerprint density at radius 2 is 1.67 bits per heavy atom. The molecule has 4 nitrogen and oxygen atoms in total. The van der Waals surface area contributed by atoms with Gasteiger partial charge in [-0.1, -0.05) is 24.3 Å². The number of anilines is 1. The van der Waals surface area contributed by atoms with E-state index in [1.807, 2.05) is 0 Å². The van der Waals surface area contributed by atoms with Crippen LogP contribution < -0.4 is 10.6 Å². The molecule has 1 aromatic rings. The number of hydrogen-bond acceptors (Lipinski definition) is 2. The topological polar surface area (TPSA) is 44.9 Å². The van der Waals surface area contributed by atoms with Gasteiger partial charge in [-0.25, -0.2) is 4.99 Å². The number of rotatable bonds is 3. The highest BCUT2D eigenvalue weighted by Gasteiger charge is 2.11. The van der Waals surface area contributed by atoms with Crippen molar-refractivity contribution in [3.63, 3.8) is 0 Å². The van der Waals surface area contributed by atoms with Crippen LogP contribution in [-0.2, 0) is 6.54 Å². The van der Waals surface area contributed by atoms with Crippen LogP contribution in [0.4, 0.5) is 5.69 Å². The fraction of sp³-hybridized carbons (Fsp3) is 0.471. The second-order valence-electron chi connectivity index (χ2n) is 5.76. The molecule has 0 atom stereocenters. The minimum atomic E-state index is 0.668. The van der Waals surface area contributed by atoms with Gasteiger partial charge in [0, 0.05) is 31.9 Å². The molecule has 1 aromatic carbocycles. The van der Waals surface area contributed by atoms with Gasteiger partial charge >= 0.3 is 0 Å². The van der Waals surface area contributed by atoms with Crippen molar-refractivity contribution < 1.29 is 0 Å². The third-order valence-electron chi connectivity index (χ3n) is 4.22. The van der Waals surface area contributed by atoms with Crippen molar-refractivity contribution in [2.45, 2.75) is 25.8 Å². The SMILES string of the molecule is NC(=NCc1ccc(N2CC=CC2)cc1)N1CCCCC1. The summed E-state index contributed by atoms with van der Waals surface area (Å²) >= 11 is 0. The van der Waals surface area contributed by atoms with Gasteiger partial charge in [0.15, 0.2) is 5.96 Å². The summed E-state index contributed by atoms with van der Waals surface area (Å²) in [4.78, 5) is 9.08. The molecule has 0 aliphatic carbocycles. The molecule has 21 heavy (non-hydrogen) atoms. The van der Waals surface area contributed by atoms with E-state index in [2.05, 4.69) is 51.2 Å². The van der Waals surface area contributed by atoms with Crippen molar-refractivity contribution in [1.29, 1.82) is 0 Å². The van der Waals surface area contributed by atoms with Crippen molar-refractivity contribution in [3.05, 3.63) is 42.0 Å². The highest BCUT2D eigenvalue weighted by Crippen LogP contribution is 2.18. The smallest absolute Gasteiger partial charge is 0.191 e. The van der Waals surface area contributed by atoms with Gasteiger partial charge in [-0.3, -0.25) is 0 Å². The number of guanidine groups is 1. The summed E-state index contributed by atoms with van der Waals surface area (Å²) in [5.74, 6) is 0.697. The molecular weight excluding hydrogens is 260 g/mol. The maximum Gasteiger partial charge on any atom is 0.191 e. The third kappa shape index (κ3) is 3.57. The Hall–Kier alpha value is -1.97. The second kappa shape index (κ2) is 6.66. The molecule has 0 unspecified atom stereocenters. The number of likely N-dealkylation sites (tertiary alicyclic amines) is 1. The van der Waals surface area contributed by atoms with Gasteiger partial charge in [0.25, 0.3) is 0 Å². The molecule has 2 aliphatic heterocycles. The van der Waals surface area contributed by atoms with E-state index in [-0.39, 0.29) is 0 Å². The van der Waals surface area contributed by atoms with Gasteiger partial charge in [-0.15, -0.1) is 0 Å². The zero-order valence-corrected chi connectivity index (χ0v) is 12.5. The zero-order chi connectivity index (χ0) is 14.5. The third-order valence-corrected chi connectivity index (χ3v) is 4.22. The van der Waals surface area contributed by atoms with Crippen LogP contribution in [0.1, 0.15) is 24.8 Å². The number of nitrogens with zero attached hydrogens (tertiary/aromatic N) is 3. The van der Waals surface area contributed by atoms with Crippen molar-refractivity contribution in [1.82, 2.24) is 4.90 Å². The second-order valence-corrected chi connectivity index (χ2v) is 5.76. The standard InChI is InChI=1S/C17H24N4/c18-17(21-12-2-1-3-13-21)19-14-15-6-8-16(9-7-15)20-10-4-5-11-20/h4-9H,1-3,10-14H2,(H2,18,19). The highest BCUT2D eigenvalue weighted by atomic mass is 15.2. The Morgan fingerprint density at radius 3 is 2.33 bits per heavy atom. The van der Waals surface area contributed by atoms with Crippen LogP contribution in [0.3, 0.4) is 0 Å². The van der Waals surface area contributed by atoms with E-state index in [0.29, 0.717) is 12.5 Å². The molecule has 0 bridgehead atoms. The Labute approximate surface area is 126 Å². The molecule has 0 saturated carbocycles. The molecule has 2 aliphatic rings. The van der Waals surface area contributed by atoms with Crippen molar-refractivity contribution in [3.8, 4) is 0 Å². The van der Waals surface area contributed by atoms with Crippen LogP contribution in [0.25, 0.3) is 0 Å². The van der Waals surface area contributed by atoms with Gasteiger partial charge in [0.1, 0.15) is 0 Å². The summed E-state index contributed by atoms with van der Waals surface area (Å²) in [6, 6.07) is 8.66. The molecule has 2 heterocycles. The average molecular weight is 284 g/mol. The summed E-state index contributed by atoms with van der Waals surface area (Å²) in [6.45, 7) is 4.80. The number of benzene rings is 1. The molecule has 0 radical (unpaired) electrons. The van der Waals surface area contributed by atoms with Crippen LogP contribution in [0.15, 0.2) is 41.4 Å². The van der Waals surface area contributed by atoms with Crippen molar-refractivity contribution in [2.24, 2.45) is 10.7 Å². The largest absolute Gasteiger partial charge is 0.370 e. The molecule has 0 aromatic heterocycles. The molecule has 1 fully saturated rings. The lowest BCUT2D eigenvalue weighted by atomic mass is 10.1. The van der Waals surface area contributed by atoms with Crippen LogP contribution in [-0.4, -0.2) is 37.0 Å². The summed E-state index contributed by atoms with van der Waals surface area (Å²) < 4.78 is 0. The van der Waals surface area contributed by atoms with Gasteiger partial charge < -0.3 is 15.5 Å². The van der Waals surface area contributed by atoms with Crippen LogP contribution in [0.5, 0.6) is 0 Å². The lowest BCUT2D eigenvalue weighted by Crippen LogP contribution is -2.40. The zero-order valence-electron chi connectivity index (χ0n) is 12.5. The molecule has 4 heteroatoms. The quantitative estimate of drug-likeness (QED) is 0.526. The van der Waals surface area contributed by atoms with Gasteiger partial charge in [0.2, 0.25) is 0 Å².